The van der Waals surface area contributed by atoms with E-state index in [-0.39, 0.29) is 5.91 Å². The lowest BCUT2D eigenvalue weighted by atomic mass is 10.1. The van der Waals surface area contributed by atoms with Gasteiger partial charge in [-0.05, 0) is 32.6 Å². The Morgan fingerprint density at radius 2 is 1.77 bits per heavy atom. The molecule has 1 aromatic rings. The van der Waals surface area contributed by atoms with Gasteiger partial charge in [-0.1, -0.05) is 13.3 Å². The van der Waals surface area contributed by atoms with Crippen LogP contribution in [0.1, 0.15) is 50.7 Å². The number of guanidine groups is 1. The number of unbranched alkanes of at least 4 members (excludes halogenated alkanes) is 1. The molecule has 1 N–H and O–H groups in total. The minimum absolute atomic E-state index is 0.288. The number of aliphatic imine (C=N–C) groups is 1. The topological polar surface area (TPSA) is 81.9 Å². The zero-order valence-electron chi connectivity index (χ0n) is 18.9. The fraction of sp³-hybridized carbons (Fsp3) is 0.810. The van der Waals surface area contributed by atoms with Crippen LogP contribution in [0.2, 0.25) is 0 Å². The number of amides is 1. The molecule has 2 fully saturated rings. The van der Waals surface area contributed by atoms with Crippen molar-refractivity contribution in [1.82, 2.24) is 34.8 Å². The van der Waals surface area contributed by atoms with Crippen LogP contribution >= 0.6 is 0 Å². The molecule has 0 aromatic carbocycles. The molecule has 0 bridgehead atoms. The number of rotatable bonds is 7. The van der Waals surface area contributed by atoms with E-state index in [2.05, 4.69) is 32.2 Å². The normalized spacial score (nSPS) is 18.7. The number of piperazine rings is 1. The average molecular weight is 419 g/mol. The van der Waals surface area contributed by atoms with Gasteiger partial charge in [-0.2, -0.15) is 0 Å². The van der Waals surface area contributed by atoms with Crippen molar-refractivity contribution >= 4 is 11.9 Å². The second kappa shape index (κ2) is 11.3. The van der Waals surface area contributed by atoms with E-state index in [0.717, 1.165) is 89.1 Å². The monoisotopic (exact) mass is 418 g/mol. The van der Waals surface area contributed by atoms with E-state index in [4.69, 9.17) is 4.99 Å². The number of nitrogens with zero attached hydrogens (tertiary/aromatic N) is 7. The lowest BCUT2D eigenvalue weighted by Gasteiger charge is -2.37. The molecule has 0 atom stereocenters. The van der Waals surface area contributed by atoms with E-state index in [9.17, 15) is 4.79 Å². The van der Waals surface area contributed by atoms with Crippen molar-refractivity contribution < 1.29 is 4.79 Å². The van der Waals surface area contributed by atoms with Crippen LogP contribution in [0.15, 0.2) is 4.99 Å². The van der Waals surface area contributed by atoms with Gasteiger partial charge in [0.15, 0.2) is 11.8 Å². The third kappa shape index (κ3) is 6.17. The summed E-state index contributed by atoms with van der Waals surface area (Å²) in [6.45, 7) is 11.5. The first-order valence-electron chi connectivity index (χ1n) is 11.5. The van der Waals surface area contributed by atoms with Crippen molar-refractivity contribution in [2.75, 3.05) is 52.4 Å². The van der Waals surface area contributed by atoms with Gasteiger partial charge in [0.25, 0.3) is 0 Å². The number of aromatic nitrogens is 3. The average Bonchev–Trinajstić information content (AvgIpc) is 3.09. The van der Waals surface area contributed by atoms with Gasteiger partial charge in [0.1, 0.15) is 12.4 Å². The van der Waals surface area contributed by atoms with E-state index < -0.39 is 0 Å². The Balaban J connectivity index is 1.53. The van der Waals surface area contributed by atoms with E-state index in [1.807, 2.05) is 23.4 Å². The molecule has 0 radical (unpaired) electrons. The molecule has 30 heavy (non-hydrogen) atoms. The SMILES string of the molecule is CCCCNC(=NCc1nnc(C)n1C)N1CCN(CC(=O)N2CCCCC2)CC1. The van der Waals surface area contributed by atoms with Crippen molar-refractivity contribution in [1.29, 1.82) is 0 Å². The van der Waals surface area contributed by atoms with Gasteiger partial charge >= 0.3 is 0 Å². The number of nitrogens with one attached hydrogen (secondary N) is 1. The zero-order valence-corrected chi connectivity index (χ0v) is 18.9. The number of hydrogen-bond donors (Lipinski definition) is 1. The largest absolute Gasteiger partial charge is 0.356 e. The van der Waals surface area contributed by atoms with Crippen molar-refractivity contribution in [3.8, 4) is 0 Å². The molecule has 0 spiro atoms. The van der Waals surface area contributed by atoms with Gasteiger partial charge in [0.2, 0.25) is 5.91 Å². The van der Waals surface area contributed by atoms with Crippen molar-refractivity contribution in [3.63, 3.8) is 0 Å². The van der Waals surface area contributed by atoms with Crippen LogP contribution in [0.3, 0.4) is 0 Å². The van der Waals surface area contributed by atoms with Gasteiger partial charge in [0, 0.05) is 52.9 Å². The predicted molar refractivity (Wildman–Crippen MR) is 118 cm³/mol. The highest BCUT2D eigenvalue weighted by Gasteiger charge is 2.24. The second-order valence-electron chi connectivity index (χ2n) is 8.35. The Labute approximate surface area is 180 Å². The van der Waals surface area contributed by atoms with Gasteiger partial charge < -0.3 is 19.7 Å². The maximum absolute atomic E-state index is 12.6. The quantitative estimate of drug-likeness (QED) is 0.404. The Morgan fingerprint density at radius 3 is 2.40 bits per heavy atom. The molecule has 0 saturated carbocycles. The van der Waals surface area contributed by atoms with E-state index >= 15 is 0 Å². The fourth-order valence-electron chi connectivity index (χ4n) is 3.93. The number of piperidine rings is 1. The summed E-state index contributed by atoms with van der Waals surface area (Å²) < 4.78 is 1.98. The van der Waals surface area contributed by atoms with E-state index in [1.165, 1.54) is 6.42 Å². The predicted octanol–water partition coefficient (Wildman–Crippen LogP) is 0.999. The summed E-state index contributed by atoms with van der Waals surface area (Å²) in [7, 11) is 1.97. The number of likely N-dealkylation sites (tertiary alicyclic amines) is 1. The lowest BCUT2D eigenvalue weighted by Crippen LogP contribution is -2.54. The highest BCUT2D eigenvalue weighted by atomic mass is 16.2. The van der Waals surface area contributed by atoms with Crippen LogP contribution in [0.25, 0.3) is 0 Å². The molecule has 0 unspecified atom stereocenters. The summed E-state index contributed by atoms with van der Waals surface area (Å²) >= 11 is 0. The Hall–Kier alpha value is -2.16. The number of hydrogen-bond acceptors (Lipinski definition) is 5. The van der Waals surface area contributed by atoms with E-state index in [1.54, 1.807) is 0 Å². The molecule has 3 rings (SSSR count). The van der Waals surface area contributed by atoms with Gasteiger partial charge in [-0.3, -0.25) is 9.69 Å². The number of carbonyl (C=O) groups is 1. The third-order valence-corrected chi connectivity index (χ3v) is 6.11. The molecule has 9 heteroatoms. The minimum atomic E-state index is 0.288. The highest BCUT2D eigenvalue weighted by Crippen LogP contribution is 2.10. The summed E-state index contributed by atoms with van der Waals surface area (Å²) in [5.41, 5.74) is 0. The van der Waals surface area contributed by atoms with Crippen molar-refractivity contribution in [2.24, 2.45) is 12.0 Å². The van der Waals surface area contributed by atoms with Crippen LogP contribution < -0.4 is 5.32 Å². The Bertz CT molecular complexity index is 702. The zero-order chi connectivity index (χ0) is 21.3. The van der Waals surface area contributed by atoms with E-state index in [0.29, 0.717) is 13.1 Å². The molecule has 2 saturated heterocycles. The Morgan fingerprint density at radius 1 is 1.03 bits per heavy atom. The molecule has 3 heterocycles. The first kappa shape index (κ1) is 22.5. The van der Waals surface area contributed by atoms with Crippen LogP contribution in [0.5, 0.6) is 0 Å². The summed E-state index contributed by atoms with van der Waals surface area (Å²) in [4.78, 5) is 24.0. The third-order valence-electron chi connectivity index (χ3n) is 6.11. The highest BCUT2D eigenvalue weighted by molar-refractivity contribution is 5.80. The maximum Gasteiger partial charge on any atom is 0.236 e. The number of carbonyl (C=O) groups excluding carboxylic acids is 1. The van der Waals surface area contributed by atoms with Gasteiger partial charge in [-0.15, -0.1) is 10.2 Å². The van der Waals surface area contributed by atoms with Crippen LogP contribution in [-0.4, -0.2) is 93.7 Å². The first-order valence-corrected chi connectivity index (χ1v) is 11.5. The summed E-state index contributed by atoms with van der Waals surface area (Å²) in [6, 6.07) is 0. The molecule has 2 aliphatic rings. The molecule has 2 aliphatic heterocycles. The number of aryl methyl sites for hydroxylation is 1. The summed E-state index contributed by atoms with van der Waals surface area (Å²) in [5.74, 6) is 2.99. The van der Waals surface area contributed by atoms with Crippen LogP contribution in [0.4, 0.5) is 0 Å². The Kier molecular flexibility index (Phi) is 8.48. The molecule has 1 aromatic heterocycles. The van der Waals surface area contributed by atoms with Crippen LogP contribution in [-0.2, 0) is 18.4 Å². The molecular weight excluding hydrogens is 380 g/mol. The minimum Gasteiger partial charge on any atom is -0.356 e. The maximum atomic E-state index is 12.6. The van der Waals surface area contributed by atoms with Crippen molar-refractivity contribution in [2.45, 2.75) is 52.5 Å². The molecule has 168 valence electrons. The molecule has 9 nitrogen and oxygen atoms in total. The van der Waals surface area contributed by atoms with Gasteiger partial charge in [-0.25, -0.2) is 4.99 Å². The second-order valence-corrected chi connectivity index (χ2v) is 8.35. The van der Waals surface area contributed by atoms with Crippen LogP contribution in [0, 0.1) is 6.92 Å². The van der Waals surface area contributed by atoms with Crippen molar-refractivity contribution in [3.05, 3.63) is 11.6 Å². The molecule has 1 amide bonds. The lowest BCUT2D eigenvalue weighted by molar-refractivity contribution is -0.133. The van der Waals surface area contributed by atoms with Gasteiger partial charge in [0.05, 0.1) is 6.54 Å². The standard InChI is InChI=1S/C21H38N8O/c1-4-5-9-22-21(23-16-19-25-24-18(2)26(19)3)29-14-12-27(13-15-29)17-20(30)28-10-7-6-8-11-28/h4-17H2,1-3H3,(H,22,23). The first-order chi connectivity index (χ1) is 14.6. The summed E-state index contributed by atoms with van der Waals surface area (Å²) in [6.07, 6.45) is 5.81. The summed E-state index contributed by atoms with van der Waals surface area (Å²) in [5, 5.41) is 11.9. The molecular formula is C21H38N8O. The smallest absolute Gasteiger partial charge is 0.236 e. The fourth-order valence-corrected chi connectivity index (χ4v) is 3.93. The molecule has 0 aliphatic carbocycles.